The second kappa shape index (κ2) is 7.36. The maximum Gasteiger partial charge on any atom is 0.408 e. The molecule has 0 aromatic rings. The lowest BCUT2D eigenvalue weighted by Gasteiger charge is -2.24. The average molecular weight is 272 g/mol. The summed E-state index contributed by atoms with van der Waals surface area (Å²) in [4.78, 5) is 23.6. The van der Waals surface area contributed by atoms with Crippen molar-refractivity contribution in [1.82, 2.24) is 5.32 Å². The number of carbonyl (C=O) groups excluding carboxylic acids is 2. The summed E-state index contributed by atoms with van der Waals surface area (Å²) in [6.45, 7) is 13.0. The summed E-state index contributed by atoms with van der Waals surface area (Å²) in [6, 6.07) is -0.700. The van der Waals surface area contributed by atoms with Crippen molar-refractivity contribution in [1.29, 1.82) is 0 Å². The molecule has 0 aliphatic rings. The highest BCUT2D eigenvalue weighted by atomic mass is 16.6. The Hall–Kier alpha value is -1.26. The van der Waals surface area contributed by atoms with Gasteiger partial charge < -0.3 is 14.8 Å². The van der Waals surface area contributed by atoms with Crippen molar-refractivity contribution in [3.05, 3.63) is 5.92 Å². The largest absolute Gasteiger partial charge is 0.464 e. The molecule has 0 spiro atoms. The zero-order valence-corrected chi connectivity index (χ0v) is 13.0. The number of amides is 1. The van der Waals surface area contributed by atoms with Gasteiger partial charge in [0.1, 0.15) is 11.6 Å². The molecule has 0 rings (SSSR count). The predicted octanol–water partition coefficient (Wildman–Crippen LogP) is 2.69. The van der Waals surface area contributed by atoms with Crippen molar-refractivity contribution >= 4 is 12.1 Å². The maximum atomic E-state index is 11.9. The van der Waals surface area contributed by atoms with E-state index >= 15 is 0 Å². The van der Waals surface area contributed by atoms with Gasteiger partial charge in [0, 0.05) is 5.92 Å². The fourth-order valence-corrected chi connectivity index (χ4v) is 1.24. The van der Waals surface area contributed by atoms with Crippen LogP contribution in [0.5, 0.6) is 0 Å². The summed E-state index contributed by atoms with van der Waals surface area (Å²) in [6.07, 6.45) is -0.611. The molecule has 1 radical (unpaired) electrons. The molecule has 0 saturated carbocycles. The molecule has 0 aliphatic carbocycles. The summed E-state index contributed by atoms with van der Waals surface area (Å²) < 4.78 is 10.2. The van der Waals surface area contributed by atoms with E-state index in [-0.39, 0.29) is 12.5 Å². The number of carbonyl (C=O) groups is 2. The average Bonchev–Trinajstić information content (AvgIpc) is 2.19. The Balaban J connectivity index is 4.49. The number of ether oxygens (including phenoxy) is 2. The lowest BCUT2D eigenvalue weighted by atomic mass is 10.1. The first-order chi connectivity index (χ1) is 8.53. The van der Waals surface area contributed by atoms with Crippen molar-refractivity contribution in [3.8, 4) is 0 Å². The minimum atomic E-state index is -0.700. The first-order valence-corrected chi connectivity index (χ1v) is 6.48. The Bertz CT molecular complexity index is 305. The van der Waals surface area contributed by atoms with E-state index in [1.165, 1.54) is 0 Å². The standard InChI is InChI=1S/C14H26NO4/c1-9(2)8-18-12(16)11(10(3)4)15-13(17)19-14(5,6)7/h10-11H,8H2,1-7H3,(H,15,17). The van der Waals surface area contributed by atoms with Crippen LogP contribution in [0.1, 0.15) is 48.5 Å². The Morgan fingerprint density at radius 3 is 2.05 bits per heavy atom. The third-order valence-corrected chi connectivity index (χ3v) is 2.10. The van der Waals surface area contributed by atoms with Crippen molar-refractivity contribution in [2.45, 2.75) is 60.1 Å². The molecule has 0 fully saturated rings. The second-order valence-corrected chi connectivity index (χ2v) is 6.18. The first-order valence-electron chi connectivity index (χ1n) is 6.48. The third-order valence-electron chi connectivity index (χ3n) is 2.10. The van der Waals surface area contributed by atoms with E-state index in [1.807, 2.05) is 27.7 Å². The normalized spacial score (nSPS) is 13.3. The van der Waals surface area contributed by atoms with Gasteiger partial charge in [0.05, 0.1) is 6.61 Å². The van der Waals surface area contributed by atoms with Crippen LogP contribution in [0.25, 0.3) is 0 Å². The zero-order chi connectivity index (χ0) is 15.2. The molecular formula is C14H26NO4. The van der Waals surface area contributed by atoms with Crippen molar-refractivity contribution < 1.29 is 19.1 Å². The zero-order valence-electron chi connectivity index (χ0n) is 13.0. The number of nitrogens with one attached hydrogen (secondary N) is 1. The molecule has 0 bridgehead atoms. The molecule has 0 aromatic carbocycles. The fourth-order valence-electron chi connectivity index (χ4n) is 1.24. The monoisotopic (exact) mass is 272 g/mol. The van der Waals surface area contributed by atoms with Crippen LogP contribution in [0.4, 0.5) is 4.79 Å². The summed E-state index contributed by atoms with van der Waals surface area (Å²) >= 11 is 0. The molecular weight excluding hydrogens is 246 g/mol. The van der Waals surface area contributed by atoms with E-state index in [9.17, 15) is 9.59 Å². The fraction of sp³-hybridized carbons (Fsp3) is 0.786. The van der Waals surface area contributed by atoms with Gasteiger partial charge in [0.25, 0.3) is 0 Å². The van der Waals surface area contributed by atoms with Crippen LogP contribution in [0.15, 0.2) is 0 Å². The second-order valence-electron chi connectivity index (χ2n) is 6.18. The third kappa shape index (κ3) is 8.46. The van der Waals surface area contributed by atoms with Gasteiger partial charge in [-0.05, 0) is 26.7 Å². The van der Waals surface area contributed by atoms with Crippen LogP contribution in [0, 0.1) is 11.8 Å². The molecule has 5 nitrogen and oxygen atoms in total. The Kier molecular flexibility index (Phi) is 6.87. The lowest BCUT2D eigenvalue weighted by molar-refractivity contribution is -0.146. The topological polar surface area (TPSA) is 64.6 Å². The van der Waals surface area contributed by atoms with Gasteiger partial charge in [-0.25, -0.2) is 9.59 Å². The van der Waals surface area contributed by atoms with Gasteiger partial charge in [-0.3, -0.25) is 0 Å². The number of rotatable bonds is 5. The Morgan fingerprint density at radius 1 is 1.16 bits per heavy atom. The van der Waals surface area contributed by atoms with Crippen molar-refractivity contribution in [3.63, 3.8) is 0 Å². The van der Waals surface area contributed by atoms with Crippen LogP contribution in [0.3, 0.4) is 0 Å². The quantitative estimate of drug-likeness (QED) is 0.781. The molecule has 0 heterocycles. The van der Waals surface area contributed by atoms with E-state index < -0.39 is 23.7 Å². The van der Waals surface area contributed by atoms with Crippen molar-refractivity contribution in [2.24, 2.45) is 5.92 Å². The SMILES string of the molecule is C[C](C)COC(=O)C(NC(=O)OC(C)(C)C)C(C)C. The summed E-state index contributed by atoms with van der Waals surface area (Å²) in [5, 5.41) is 2.55. The van der Waals surface area contributed by atoms with Gasteiger partial charge in [0.2, 0.25) is 0 Å². The van der Waals surface area contributed by atoms with Gasteiger partial charge in [-0.2, -0.15) is 0 Å². The van der Waals surface area contributed by atoms with Gasteiger partial charge >= 0.3 is 12.1 Å². The van der Waals surface area contributed by atoms with Crippen molar-refractivity contribution in [2.75, 3.05) is 6.61 Å². The first kappa shape index (κ1) is 17.7. The molecule has 1 unspecified atom stereocenters. The minimum absolute atomic E-state index is 0.0721. The van der Waals surface area contributed by atoms with Gasteiger partial charge in [-0.15, -0.1) is 0 Å². The highest BCUT2D eigenvalue weighted by molar-refractivity contribution is 5.81. The predicted molar refractivity (Wildman–Crippen MR) is 73.5 cm³/mol. The molecule has 5 heteroatoms. The lowest BCUT2D eigenvalue weighted by Crippen LogP contribution is -2.47. The van der Waals surface area contributed by atoms with E-state index in [2.05, 4.69) is 5.32 Å². The van der Waals surface area contributed by atoms with Crippen LogP contribution in [-0.2, 0) is 14.3 Å². The summed E-state index contributed by atoms with van der Waals surface area (Å²) in [7, 11) is 0. The van der Waals surface area contributed by atoms with E-state index in [0.29, 0.717) is 0 Å². The molecule has 1 atom stereocenters. The van der Waals surface area contributed by atoms with E-state index in [4.69, 9.17) is 9.47 Å². The van der Waals surface area contributed by atoms with Gasteiger partial charge in [-0.1, -0.05) is 27.7 Å². The van der Waals surface area contributed by atoms with Gasteiger partial charge in [0.15, 0.2) is 0 Å². The molecule has 1 N–H and O–H groups in total. The highest BCUT2D eigenvalue weighted by Crippen LogP contribution is 2.10. The van der Waals surface area contributed by atoms with E-state index in [1.54, 1.807) is 20.8 Å². The van der Waals surface area contributed by atoms with Crippen LogP contribution in [-0.4, -0.2) is 30.3 Å². The van der Waals surface area contributed by atoms with Crippen LogP contribution in [0.2, 0.25) is 0 Å². The number of hydrogen-bond acceptors (Lipinski definition) is 4. The molecule has 0 aliphatic heterocycles. The van der Waals surface area contributed by atoms with Crippen LogP contribution >= 0.6 is 0 Å². The molecule has 0 saturated heterocycles. The summed E-state index contributed by atoms with van der Waals surface area (Å²) in [5.74, 6) is 0.479. The van der Waals surface area contributed by atoms with Crippen LogP contribution < -0.4 is 5.32 Å². The summed E-state index contributed by atoms with van der Waals surface area (Å²) in [5.41, 5.74) is -0.594. The molecule has 0 aromatic heterocycles. The molecule has 111 valence electrons. The smallest absolute Gasteiger partial charge is 0.408 e. The molecule has 1 amide bonds. The molecule has 19 heavy (non-hydrogen) atoms. The number of hydrogen-bond donors (Lipinski definition) is 1. The number of alkyl carbamates (subject to hydrolysis) is 1. The Labute approximate surface area is 116 Å². The Morgan fingerprint density at radius 2 is 1.68 bits per heavy atom. The minimum Gasteiger partial charge on any atom is -0.464 e. The maximum absolute atomic E-state index is 11.9. The number of esters is 1. The highest BCUT2D eigenvalue weighted by Gasteiger charge is 2.28. The van der Waals surface area contributed by atoms with E-state index in [0.717, 1.165) is 5.92 Å².